The van der Waals surface area contributed by atoms with Gasteiger partial charge in [0.05, 0.1) is 0 Å². The van der Waals surface area contributed by atoms with Crippen molar-refractivity contribution in [1.29, 1.82) is 0 Å². The molecule has 0 radical (unpaired) electrons. The van der Waals surface area contributed by atoms with Crippen LogP contribution in [0.15, 0.2) is 12.3 Å². The third kappa shape index (κ3) is 3.09. The van der Waals surface area contributed by atoms with E-state index in [-0.39, 0.29) is 24.5 Å². The van der Waals surface area contributed by atoms with E-state index in [0.717, 1.165) is 0 Å². The van der Waals surface area contributed by atoms with Crippen LogP contribution in [-0.4, -0.2) is 18.3 Å². The van der Waals surface area contributed by atoms with Gasteiger partial charge >= 0.3 is 0 Å². The summed E-state index contributed by atoms with van der Waals surface area (Å²) < 4.78 is 25.0. The summed E-state index contributed by atoms with van der Waals surface area (Å²) >= 11 is 0. The third-order valence-electron chi connectivity index (χ3n) is 2.41. The van der Waals surface area contributed by atoms with Crippen molar-refractivity contribution in [3.05, 3.63) is 12.3 Å². The number of hydrogen-bond donors (Lipinski definition) is 1. The van der Waals surface area contributed by atoms with E-state index in [1.165, 1.54) is 6.92 Å². The first kappa shape index (κ1) is 11.1. The topological polar surface area (TPSA) is 29.1 Å². The van der Waals surface area contributed by atoms with Crippen LogP contribution in [0.5, 0.6) is 0 Å². The van der Waals surface area contributed by atoms with Crippen molar-refractivity contribution < 1.29 is 13.6 Å². The molecule has 80 valence electrons. The van der Waals surface area contributed by atoms with Gasteiger partial charge in [-0.15, -0.1) is 0 Å². The molecule has 0 aromatic carbocycles. The summed E-state index contributed by atoms with van der Waals surface area (Å²) in [6.07, 6.45) is 0.194. The van der Waals surface area contributed by atoms with Gasteiger partial charge in [-0.2, -0.15) is 0 Å². The van der Waals surface area contributed by atoms with Crippen molar-refractivity contribution in [1.82, 2.24) is 5.32 Å². The van der Waals surface area contributed by atoms with Gasteiger partial charge in [0.2, 0.25) is 5.92 Å². The van der Waals surface area contributed by atoms with E-state index in [9.17, 15) is 13.6 Å². The second kappa shape index (κ2) is 4.07. The lowest BCUT2D eigenvalue weighted by molar-refractivity contribution is -0.117. The minimum atomic E-state index is -2.50. The Bertz CT molecular complexity index is 243. The number of carbonyl (C=O) groups excluding carboxylic acids is 1. The maximum Gasteiger partial charge on any atom is 0.249 e. The highest BCUT2D eigenvalue weighted by molar-refractivity contribution is 5.75. The number of hydrogen-bond acceptors (Lipinski definition) is 2. The van der Waals surface area contributed by atoms with Gasteiger partial charge in [0.15, 0.2) is 0 Å². The van der Waals surface area contributed by atoms with E-state index in [0.29, 0.717) is 18.7 Å². The van der Waals surface area contributed by atoms with Crippen molar-refractivity contribution in [2.45, 2.75) is 32.1 Å². The summed E-state index contributed by atoms with van der Waals surface area (Å²) in [4.78, 5) is 10.6. The van der Waals surface area contributed by atoms with Gasteiger partial charge in [-0.1, -0.05) is 6.58 Å². The molecule has 1 aliphatic carbocycles. The van der Waals surface area contributed by atoms with Crippen LogP contribution in [0.25, 0.3) is 0 Å². The Morgan fingerprint density at radius 1 is 1.57 bits per heavy atom. The average molecular weight is 203 g/mol. The molecule has 4 heteroatoms. The first-order chi connectivity index (χ1) is 6.41. The zero-order chi connectivity index (χ0) is 10.8. The van der Waals surface area contributed by atoms with Gasteiger partial charge in [0.25, 0.3) is 0 Å². The number of rotatable bonds is 5. The predicted octanol–water partition coefficient (Wildman–Crippen LogP) is 2.11. The first-order valence-corrected chi connectivity index (χ1v) is 4.71. The Morgan fingerprint density at radius 2 is 2.14 bits per heavy atom. The molecule has 2 nitrogen and oxygen atoms in total. The number of allylic oxidation sites excluding steroid dienone is 1. The van der Waals surface area contributed by atoms with Crippen LogP contribution >= 0.6 is 0 Å². The number of Topliss-reactive ketones (excluding diaryl/α,β-unsaturated/α-hetero) is 1. The molecule has 0 aromatic heterocycles. The van der Waals surface area contributed by atoms with Gasteiger partial charge in [0, 0.05) is 37.4 Å². The number of nitrogens with one attached hydrogen (secondary N) is 1. The molecule has 1 N–H and O–H groups in total. The lowest BCUT2D eigenvalue weighted by Gasteiger charge is -2.36. The fourth-order valence-corrected chi connectivity index (χ4v) is 1.45. The molecule has 1 aliphatic rings. The van der Waals surface area contributed by atoms with Crippen LogP contribution in [0.1, 0.15) is 26.2 Å². The van der Waals surface area contributed by atoms with Gasteiger partial charge in [-0.05, 0) is 6.92 Å². The molecule has 0 aromatic rings. The van der Waals surface area contributed by atoms with Gasteiger partial charge in [0.1, 0.15) is 5.78 Å². The van der Waals surface area contributed by atoms with Crippen LogP contribution < -0.4 is 5.32 Å². The van der Waals surface area contributed by atoms with E-state index < -0.39 is 5.92 Å². The average Bonchev–Trinajstić information content (AvgIpc) is 1.99. The van der Waals surface area contributed by atoms with E-state index in [4.69, 9.17) is 0 Å². The normalized spacial score (nSPS) is 19.9. The fourth-order valence-electron chi connectivity index (χ4n) is 1.45. The van der Waals surface area contributed by atoms with E-state index in [1.807, 2.05) is 0 Å². The number of carbonyl (C=O) groups is 1. The number of ketones is 1. The number of alkyl halides is 2. The largest absolute Gasteiger partial charge is 0.388 e. The molecule has 0 aliphatic heterocycles. The highest BCUT2D eigenvalue weighted by Gasteiger charge is 2.46. The van der Waals surface area contributed by atoms with Crippen LogP contribution in [0.4, 0.5) is 8.78 Å². The molecule has 0 amide bonds. The quantitative estimate of drug-likeness (QED) is 0.741. The summed E-state index contributed by atoms with van der Waals surface area (Å²) in [5.41, 5.74) is 0.636. The highest BCUT2D eigenvalue weighted by atomic mass is 19.3. The predicted molar refractivity (Wildman–Crippen MR) is 50.1 cm³/mol. The van der Waals surface area contributed by atoms with Crippen molar-refractivity contribution in [2.24, 2.45) is 5.92 Å². The smallest absolute Gasteiger partial charge is 0.249 e. The minimum Gasteiger partial charge on any atom is -0.388 e. The Balaban J connectivity index is 2.15. The maximum atomic E-state index is 12.5. The van der Waals surface area contributed by atoms with Gasteiger partial charge < -0.3 is 5.32 Å². The highest BCUT2D eigenvalue weighted by Crippen LogP contribution is 2.44. The Morgan fingerprint density at radius 3 is 2.57 bits per heavy atom. The minimum absolute atomic E-state index is 0.0873. The van der Waals surface area contributed by atoms with E-state index >= 15 is 0 Å². The van der Waals surface area contributed by atoms with E-state index in [1.54, 1.807) is 0 Å². The van der Waals surface area contributed by atoms with Crippen molar-refractivity contribution in [3.8, 4) is 0 Å². The SMILES string of the molecule is C=C(NCCC(C)=O)C1CC(F)(F)C1. The Labute approximate surface area is 82.4 Å². The summed E-state index contributed by atoms with van der Waals surface area (Å²) in [7, 11) is 0. The summed E-state index contributed by atoms with van der Waals surface area (Å²) in [5, 5.41) is 2.91. The molecule has 0 heterocycles. The fraction of sp³-hybridized carbons (Fsp3) is 0.700. The van der Waals surface area contributed by atoms with Crippen molar-refractivity contribution in [3.63, 3.8) is 0 Å². The Hall–Kier alpha value is -0.930. The summed E-state index contributed by atoms with van der Waals surface area (Å²) in [5.74, 6) is -2.54. The molecule has 14 heavy (non-hydrogen) atoms. The monoisotopic (exact) mass is 203 g/mol. The van der Waals surface area contributed by atoms with Crippen molar-refractivity contribution >= 4 is 5.78 Å². The van der Waals surface area contributed by atoms with Gasteiger partial charge in [-0.25, -0.2) is 8.78 Å². The molecule has 0 spiro atoms. The van der Waals surface area contributed by atoms with Crippen molar-refractivity contribution in [2.75, 3.05) is 6.54 Å². The molecular weight excluding hydrogens is 188 g/mol. The standard InChI is InChI=1S/C10H15F2NO/c1-7(14)3-4-13-8(2)9-5-10(11,12)6-9/h9,13H,2-6H2,1H3. The molecular formula is C10H15F2NO. The van der Waals surface area contributed by atoms with Crippen LogP contribution in [0, 0.1) is 5.92 Å². The Kier molecular flexibility index (Phi) is 3.24. The molecule has 1 rings (SSSR count). The summed E-state index contributed by atoms with van der Waals surface area (Å²) in [6.45, 7) is 5.68. The lowest BCUT2D eigenvalue weighted by Crippen LogP contribution is -2.39. The molecule has 0 saturated heterocycles. The molecule has 0 bridgehead atoms. The second-order valence-corrected chi connectivity index (χ2v) is 3.87. The lowest BCUT2D eigenvalue weighted by atomic mass is 9.79. The zero-order valence-electron chi connectivity index (χ0n) is 8.28. The second-order valence-electron chi connectivity index (χ2n) is 3.87. The van der Waals surface area contributed by atoms with Crippen LogP contribution in [-0.2, 0) is 4.79 Å². The summed E-state index contributed by atoms with van der Waals surface area (Å²) in [6, 6.07) is 0. The van der Waals surface area contributed by atoms with Crippen LogP contribution in [0.3, 0.4) is 0 Å². The number of halogens is 2. The molecule has 0 atom stereocenters. The van der Waals surface area contributed by atoms with Gasteiger partial charge in [-0.3, -0.25) is 4.79 Å². The molecule has 1 fully saturated rings. The third-order valence-corrected chi connectivity index (χ3v) is 2.41. The maximum absolute atomic E-state index is 12.5. The molecule has 1 saturated carbocycles. The zero-order valence-corrected chi connectivity index (χ0v) is 8.28. The first-order valence-electron chi connectivity index (χ1n) is 4.71. The van der Waals surface area contributed by atoms with E-state index in [2.05, 4.69) is 11.9 Å². The van der Waals surface area contributed by atoms with Crippen LogP contribution in [0.2, 0.25) is 0 Å². The molecule has 0 unspecified atom stereocenters.